The first-order valence-electron chi connectivity index (χ1n) is 14.2. The van der Waals surface area contributed by atoms with E-state index >= 15 is 0 Å². The predicted molar refractivity (Wildman–Crippen MR) is 162 cm³/mol. The van der Waals surface area contributed by atoms with Gasteiger partial charge in [-0.2, -0.15) is 8.78 Å². The number of hydrogen-bond donors (Lipinski definition) is 2. The summed E-state index contributed by atoms with van der Waals surface area (Å²) in [7, 11) is 1.43. The van der Waals surface area contributed by atoms with Crippen LogP contribution in [0.15, 0.2) is 48.8 Å². The molecule has 2 heterocycles. The fraction of sp³-hybridized carbons (Fsp3) is 0.387. The number of alkyl halides is 2. The largest absolute Gasteiger partial charge is 0.495 e. The molecule has 2 aliphatic rings. The van der Waals surface area contributed by atoms with E-state index in [1.54, 1.807) is 0 Å². The van der Waals surface area contributed by atoms with Gasteiger partial charge in [0.1, 0.15) is 18.0 Å². The number of amides is 1. The third kappa shape index (κ3) is 8.72. The monoisotopic (exact) mass is 665 g/mol. The minimum Gasteiger partial charge on any atom is -0.495 e. The average Bonchev–Trinajstić information content (AvgIpc) is 3.86. The zero-order chi connectivity index (χ0) is 31.9. The fourth-order valence-electron chi connectivity index (χ4n) is 4.65. The number of nitrogens with zero attached hydrogens (tertiary/aromatic N) is 1. The summed E-state index contributed by atoms with van der Waals surface area (Å²) in [4.78, 5) is 30.4. The average molecular weight is 667 g/mol. The number of morpholine rings is 1. The molecule has 0 spiro atoms. The van der Waals surface area contributed by atoms with Crippen LogP contribution in [-0.4, -0.2) is 63.0 Å². The number of aromatic nitrogens is 1. The van der Waals surface area contributed by atoms with E-state index in [9.17, 15) is 18.4 Å². The van der Waals surface area contributed by atoms with Gasteiger partial charge in [-0.25, -0.2) is 4.79 Å². The van der Waals surface area contributed by atoms with Gasteiger partial charge in [0.05, 0.1) is 41.6 Å². The Morgan fingerprint density at radius 3 is 2.51 bits per heavy atom. The quantitative estimate of drug-likeness (QED) is 0.217. The van der Waals surface area contributed by atoms with Crippen molar-refractivity contribution in [1.82, 2.24) is 10.3 Å². The Morgan fingerprint density at radius 1 is 1.09 bits per heavy atom. The van der Waals surface area contributed by atoms with Gasteiger partial charge < -0.3 is 34.3 Å². The number of carbonyl (C=O) groups excluding carboxylic acids is 2. The zero-order valence-electron chi connectivity index (χ0n) is 24.2. The zero-order valence-corrected chi connectivity index (χ0v) is 25.7. The highest BCUT2D eigenvalue weighted by Gasteiger charge is 2.27. The first-order chi connectivity index (χ1) is 21.7. The van der Waals surface area contributed by atoms with Gasteiger partial charge in [0.25, 0.3) is 5.91 Å². The molecule has 3 aromatic rings. The first-order valence-corrected chi connectivity index (χ1v) is 15.0. The summed E-state index contributed by atoms with van der Waals surface area (Å²) in [5.41, 5.74) is 1.23. The van der Waals surface area contributed by atoms with E-state index < -0.39 is 30.7 Å². The number of rotatable bonds is 13. The number of halogens is 4. The maximum Gasteiger partial charge on any atom is 0.387 e. The molecule has 1 unspecified atom stereocenters. The van der Waals surface area contributed by atoms with Crippen molar-refractivity contribution in [2.24, 2.45) is 5.92 Å². The highest BCUT2D eigenvalue weighted by atomic mass is 35.5. The van der Waals surface area contributed by atoms with Gasteiger partial charge in [-0.15, -0.1) is 0 Å². The number of nitrogens with one attached hydrogen (secondary N) is 2. The number of anilines is 1. The normalized spacial score (nSPS) is 17.0. The van der Waals surface area contributed by atoms with Crippen molar-refractivity contribution in [3.63, 3.8) is 0 Å². The van der Waals surface area contributed by atoms with Crippen molar-refractivity contribution in [1.29, 1.82) is 0 Å². The molecule has 45 heavy (non-hydrogen) atoms. The number of benzene rings is 2. The third-order valence-electron chi connectivity index (χ3n) is 7.23. The third-order valence-corrected chi connectivity index (χ3v) is 7.88. The Morgan fingerprint density at radius 2 is 1.84 bits per heavy atom. The molecule has 1 aliphatic heterocycles. The molecule has 10 nitrogen and oxygen atoms in total. The van der Waals surface area contributed by atoms with Gasteiger partial charge >= 0.3 is 12.6 Å². The maximum atomic E-state index is 13.6. The number of carbonyl (C=O) groups is 2. The molecule has 240 valence electrons. The van der Waals surface area contributed by atoms with Gasteiger partial charge in [0.2, 0.25) is 0 Å². The predicted octanol–water partition coefficient (Wildman–Crippen LogP) is 5.85. The van der Waals surface area contributed by atoms with Gasteiger partial charge in [-0.1, -0.05) is 29.3 Å². The summed E-state index contributed by atoms with van der Waals surface area (Å²) in [5, 5.41) is 6.34. The van der Waals surface area contributed by atoms with E-state index in [0.717, 1.165) is 12.8 Å². The molecule has 2 aromatic carbocycles. The van der Waals surface area contributed by atoms with Gasteiger partial charge in [0.15, 0.2) is 11.5 Å². The minimum atomic E-state index is -3.06. The second kappa shape index (κ2) is 15.0. The van der Waals surface area contributed by atoms with E-state index in [1.807, 2.05) is 0 Å². The smallest absolute Gasteiger partial charge is 0.387 e. The van der Waals surface area contributed by atoms with Crippen molar-refractivity contribution >= 4 is 40.8 Å². The molecule has 1 saturated carbocycles. The second-order valence-corrected chi connectivity index (χ2v) is 11.3. The molecule has 0 bridgehead atoms. The van der Waals surface area contributed by atoms with Crippen LogP contribution < -0.4 is 24.8 Å². The topological polar surface area (TPSA) is 117 Å². The Kier molecular flexibility index (Phi) is 10.9. The molecule has 1 saturated heterocycles. The molecule has 1 amide bonds. The van der Waals surface area contributed by atoms with Gasteiger partial charge in [0, 0.05) is 31.9 Å². The van der Waals surface area contributed by atoms with Crippen molar-refractivity contribution in [3.05, 3.63) is 75.5 Å². The summed E-state index contributed by atoms with van der Waals surface area (Å²) in [6.45, 7) is -1.37. The van der Waals surface area contributed by atoms with Crippen LogP contribution in [0.1, 0.15) is 40.4 Å². The van der Waals surface area contributed by atoms with Crippen LogP contribution >= 0.6 is 23.2 Å². The molecule has 14 heteroatoms. The number of methoxy groups -OCH3 is 1. The van der Waals surface area contributed by atoms with E-state index in [-0.39, 0.29) is 39.2 Å². The van der Waals surface area contributed by atoms with Crippen LogP contribution in [0.4, 0.5) is 14.5 Å². The van der Waals surface area contributed by atoms with E-state index in [1.165, 1.54) is 55.9 Å². The van der Waals surface area contributed by atoms with Crippen LogP contribution in [0, 0.1) is 5.92 Å². The molecule has 1 aromatic heterocycles. The summed E-state index contributed by atoms with van der Waals surface area (Å²) in [5.74, 6) is -0.558. The summed E-state index contributed by atoms with van der Waals surface area (Å²) < 4.78 is 53.7. The summed E-state index contributed by atoms with van der Waals surface area (Å²) in [6, 6.07) is 8.78. The van der Waals surface area contributed by atoms with E-state index in [0.29, 0.717) is 49.1 Å². The number of hydrogen-bond acceptors (Lipinski definition) is 9. The molecule has 5 rings (SSSR count). The summed E-state index contributed by atoms with van der Waals surface area (Å²) in [6.07, 6.45) is 3.10. The molecule has 0 radical (unpaired) electrons. The Labute approximate surface area is 268 Å². The molecule has 2 fully saturated rings. The lowest BCUT2D eigenvalue weighted by Gasteiger charge is -2.23. The van der Waals surface area contributed by atoms with Crippen molar-refractivity contribution in [2.45, 2.75) is 38.1 Å². The molecular formula is C31H31Cl2F2N3O7. The lowest BCUT2D eigenvalue weighted by atomic mass is 10.0. The van der Waals surface area contributed by atoms with Crippen LogP contribution in [0.3, 0.4) is 0 Å². The standard InChI is InChI=1S/C31H31Cl2F2N3O7/c1-41-24-6-5-19(10-23(24)38-29(39)28-15-36-8-9-42-28)30(40)44-26(12-20-21(32)13-37-14-22(20)33)18-4-7-25(45-31(34)35)27(11-18)43-16-17-2-3-17/h4-7,10-11,13-14,17,26,28,31,36H,2-3,8-9,12,15-16H2,1H3,(H,38,39)/t26-,28?/m0/s1. The highest BCUT2D eigenvalue weighted by molar-refractivity contribution is 6.35. The molecule has 2 N–H and O–H groups in total. The van der Waals surface area contributed by atoms with Gasteiger partial charge in [-0.3, -0.25) is 9.78 Å². The summed E-state index contributed by atoms with van der Waals surface area (Å²) >= 11 is 12.8. The van der Waals surface area contributed by atoms with Crippen LogP contribution in [-0.2, 0) is 20.7 Å². The second-order valence-electron chi connectivity index (χ2n) is 10.5. The van der Waals surface area contributed by atoms with Crippen molar-refractivity contribution in [2.75, 3.05) is 38.7 Å². The Bertz CT molecular complexity index is 1500. The Hall–Kier alpha value is -3.71. The SMILES string of the molecule is COc1ccc(C(=O)O[C@@H](Cc2c(Cl)cncc2Cl)c2ccc(OC(F)F)c(OCC3CC3)c2)cc1NC(=O)C1CNCCO1. The molecular weight excluding hydrogens is 635 g/mol. The molecule has 2 atom stereocenters. The maximum absolute atomic E-state index is 13.6. The first kappa shape index (κ1) is 32.7. The molecule has 1 aliphatic carbocycles. The van der Waals surface area contributed by atoms with E-state index in [4.69, 9.17) is 42.1 Å². The Balaban J connectivity index is 1.44. The minimum absolute atomic E-state index is 0.0226. The van der Waals surface area contributed by atoms with Crippen LogP contribution in [0.5, 0.6) is 17.2 Å². The lowest BCUT2D eigenvalue weighted by molar-refractivity contribution is -0.128. The number of esters is 1. The van der Waals surface area contributed by atoms with Gasteiger partial charge in [-0.05, 0) is 60.2 Å². The van der Waals surface area contributed by atoms with Crippen molar-refractivity contribution in [3.8, 4) is 17.2 Å². The number of ether oxygens (including phenoxy) is 5. The van der Waals surface area contributed by atoms with Crippen LogP contribution in [0.2, 0.25) is 10.0 Å². The van der Waals surface area contributed by atoms with E-state index in [2.05, 4.69) is 20.4 Å². The van der Waals surface area contributed by atoms with Crippen molar-refractivity contribution < 1.29 is 42.1 Å². The lowest BCUT2D eigenvalue weighted by Crippen LogP contribution is -2.45. The number of pyridine rings is 1. The van der Waals surface area contributed by atoms with Crippen LogP contribution in [0.25, 0.3) is 0 Å². The fourth-order valence-corrected chi connectivity index (χ4v) is 5.17. The highest BCUT2D eigenvalue weighted by Crippen LogP contribution is 2.38.